The maximum Gasteiger partial charge on any atom is 0.339 e. The molecule has 0 saturated carbocycles. The molecule has 0 aliphatic heterocycles. The van der Waals surface area contributed by atoms with Crippen molar-refractivity contribution in [2.75, 3.05) is 0 Å². The van der Waals surface area contributed by atoms with Gasteiger partial charge in [0.2, 0.25) is 11.3 Å². The average molecular weight is 282 g/mol. The summed E-state index contributed by atoms with van der Waals surface area (Å²) >= 11 is 3.06. The molecular formula is C9H4BrN3O3. The van der Waals surface area contributed by atoms with Crippen LogP contribution in [0.2, 0.25) is 0 Å². The highest BCUT2D eigenvalue weighted by atomic mass is 79.9. The zero-order chi connectivity index (χ0) is 11.3. The fourth-order valence-electron chi connectivity index (χ4n) is 1.57. The fraction of sp³-hybridized carbons (Fsp3) is 0. The van der Waals surface area contributed by atoms with Crippen LogP contribution in [0.15, 0.2) is 32.3 Å². The predicted molar refractivity (Wildman–Crippen MR) is 60.7 cm³/mol. The summed E-state index contributed by atoms with van der Waals surface area (Å²) in [5.74, 6) is 0. The topological polar surface area (TPSA) is 80.9 Å². The van der Waals surface area contributed by atoms with Gasteiger partial charge in [0.25, 0.3) is 5.56 Å². The van der Waals surface area contributed by atoms with E-state index in [-0.39, 0.29) is 5.58 Å². The number of nitrogens with one attached hydrogen (secondary N) is 1. The highest BCUT2D eigenvalue weighted by Gasteiger charge is 2.14. The maximum absolute atomic E-state index is 11.5. The van der Waals surface area contributed by atoms with Crippen LogP contribution in [0.5, 0.6) is 0 Å². The first-order chi connectivity index (χ1) is 7.68. The molecule has 1 N–H and O–H groups in total. The van der Waals surface area contributed by atoms with Crippen LogP contribution < -0.4 is 11.2 Å². The standard InChI is InChI=1S/C9H4BrN3O3/c10-13-5-4-2-1-3-11-8(4)16-6(5)7(14)12-9(13)15/h1-3H,(H,12,14,15). The lowest BCUT2D eigenvalue weighted by atomic mass is 10.3. The van der Waals surface area contributed by atoms with E-state index in [9.17, 15) is 9.59 Å². The van der Waals surface area contributed by atoms with Crippen LogP contribution in [0.25, 0.3) is 22.2 Å². The number of fused-ring (bicyclic) bond motifs is 3. The van der Waals surface area contributed by atoms with E-state index in [1.165, 1.54) is 0 Å². The number of aromatic nitrogens is 3. The van der Waals surface area contributed by atoms with Gasteiger partial charge in [-0.05, 0) is 12.1 Å². The van der Waals surface area contributed by atoms with Crippen molar-refractivity contribution in [3.05, 3.63) is 39.2 Å². The summed E-state index contributed by atoms with van der Waals surface area (Å²) in [4.78, 5) is 29.0. The largest absolute Gasteiger partial charge is 0.430 e. The van der Waals surface area contributed by atoms with Gasteiger partial charge in [-0.3, -0.25) is 9.78 Å². The third-order valence-corrected chi connectivity index (χ3v) is 2.92. The van der Waals surface area contributed by atoms with E-state index in [4.69, 9.17) is 4.42 Å². The number of aromatic amines is 1. The first-order valence-corrected chi connectivity index (χ1v) is 5.08. The molecule has 0 radical (unpaired) electrons. The lowest BCUT2D eigenvalue weighted by Gasteiger charge is -1.94. The second kappa shape index (κ2) is 3.05. The maximum atomic E-state index is 11.5. The molecule has 0 atom stereocenters. The number of rotatable bonds is 0. The normalized spacial score (nSPS) is 11.3. The minimum absolute atomic E-state index is 0.0742. The van der Waals surface area contributed by atoms with Crippen LogP contribution in [0.3, 0.4) is 0 Å². The van der Waals surface area contributed by atoms with Gasteiger partial charge in [0, 0.05) is 6.20 Å². The second-order valence-corrected chi connectivity index (χ2v) is 3.89. The third kappa shape index (κ3) is 1.09. The summed E-state index contributed by atoms with van der Waals surface area (Å²) in [7, 11) is 0. The molecule has 0 bridgehead atoms. The highest BCUT2D eigenvalue weighted by molar-refractivity contribution is 9.08. The number of pyridine rings is 1. The SMILES string of the molecule is O=c1[nH]c(=O)n(Br)c2c1oc1ncccc12. The summed E-state index contributed by atoms with van der Waals surface area (Å²) in [5.41, 5.74) is -0.332. The number of hydrogen-bond donors (Lipinski definition) is 1. The molecular weight excluding hydrogens is 278 g/mol. The van der Waals surface area contributed by atoms with Crippen molar-refractivity contribution in [3.63, 3.8) is 0 Å². The van der Waals surface area contributed by atoms with Gasteiger partial charge in [-0.15, -0.1) is 0 Å². The van der Waals surface area contributed by atoms with Crippen LogP contribution in [0.1, 0.15) is 0 Å². The van der Waals surface area contributed by atoms with Crippen LogP contribution in [0, 0.1) is 0 Å². The third-order valence-electron chi connectivity index (χ3n) is 2.24. The molecule has 0 spiro atoms. The van der Waals surface area contributed by atoms with E-state index < -0.39 is 11.2 Å². The van der Waals surface area contributed by atoms with Crippen molar-refractivity contribution in [3.8, 4) is 0 Å². The smallest absolute Gasteiger partial charge is 0.339 e. The molecule has 3 aromatic rings. The Kier molecular flexibility index (Phi) is 1.78. The summed E-state index contributed by atoms with van der Waals surface area (Å²) in [6.07, 6.45) is 1.55. The average Bonchev–Trinajstić information content (AvgIpc) is 2.66. The summed E-state index contributed by atoms with van der Waals surface area (Å²) in [5, 5.41) is 0.609. The van der Waals surface area contributed by atoms with Gasteiger partial charge in [-0.25, -0.2) is 13.4 Å². The minimum atomic E-state index is -0.561. The van der Waals surface area contributed by atoms with Crippen molar-refractivity contribution in [1.82, 2.24) is 13.6 Å². The molecule has 0 saturated heterocycles. The predicted octanol–water partition coefficient (Wildman–Crippen LogP) is 0.989. The molecule has 3 heterocycles. The lowest BCUT2D eigenvalue weighted by Crippen LogP contribution is -2.25. The van der Waals surface area contributed by atoms with Gasteiger partial charge in [0.05, 0.1) is 21.5 Å². The van der Waals surface area contributed by atoms with Gasteiger partial charge in [-0.1, -0.05) is 0 Å². The molecule has 0 aromatic carbocycles. The van der Waals surface area contributed by atoms with E-state index in [0.717, 1.165) is 3.59 Å². The summed E-state index contributed by atoms with van der Waals surface area (Å²) in [6.45, 7) is 0. The first-order valence-electron chi connectivity index (χ1n) is 4.37. The Morgan fingerprint density at radius 1 is 1.44 bits per heavy atom. The molecule has 0 fully saturated rings. The molecule has 0 amide bonds. The second-order valence-electron chi connectivity index (χ2n) is 3.18. The molecule has 3 aromatic heterocycles. The molecule has 0 unspecified atom stereocenters. The van der Waals surface area contributed by atoms with Crippen LogP contribution >= 0.6 is 16.1 Å². The Hall–Kier alpha value is -1.89. The molecule has 0 aliphatic rings. The van der Waals surface area contributed by atoms with Gasteiger partial charge in [0.1, 0.15) is 5.52 Å². The van der Waals surface area contributed by atoms with E-state index in [0.29, 0.717) is 16.6 Å². The van der Waals surface area contributed by atoms with E-state index in [1.54, 1.807) is 18.3 Å². The monoisotopic (exact) mass is 281 g/mol. The quantitative estimate of drug-likeness (QED) is 0.666. The number of furan rings is 1. The zero-order valence-corrected chi connectivity index (χ0v) is 9.32. The summed E-state index contributed by atoms with van der Waals surface area (Å²) in [6, 6.07) is 3.43. The van der Waals surface area contributed by atoms with E-state index in [1.807, 2.05) is 0 Å². The summed E-state index contributed by atoms with van der Waals surface area (Å²) < 4.78 is 6.42. The van der Waals surface area contributed by atoms with Crippen LogP contribution in [-0.2, 0) is 0 Å². The Morgan fingerprint density at radius 3 is 3.06 bits per heavy atom. The lowest BCUT2D eigenvalue weighted by molar-refractivity contribution is 0.645. The van der Waals surface area contributed by atoms with Crippen molar-refractivity contribution in [1.29, 1.82) is 0 Å². The van der Waals surface area contributed by atoms with Gasteiger partial charge < -0.3 is 4.42 Å². The Balaban J connectivity index is 2.77. The highest BCUT2D eigenvalue weighted by Crippen LogP contribution is 2.23. The van der Waals surface area contributed by atoms with Gasteiger partial charge >= 0.3 is 5.69 Å². The van der Waals surface area contributed by atoms with Crippen molar-refractivity contribution in [2.45, 2.75) is 0 Å². The Bertz CT molecular complexity index is 814. The number of hydrogen-bond acceptors (Lipinski definition) is 4. The van der Waals surface area contributed by atoms with Crippen LogP contribution in [-0.4, -0.2) is 13.6 Å². The number of nitrogens with zero attached hydrogens (tertiary/aromatic N) is 2. The Morgan fingerprint density at radius 2 is 2.25 bits per heavy atom. The zero-order valence-electron chi connectivity index (χ0n) is 7.73. The number of H-pyrrole nitrogens is 1. The van der Waals surface area contributed by atoms with Crippen molar-refractivity contribution < 1.29 is 4.42 Å². The molecule has 0 aliphatic carbocycles. The molecule has 6 nitrogen and oxygen atoms in total. The van der Waals surface area contributed by atoms with E-state index >= 15 is 0 Å². The van der Waals surface area contributed by atoms with Crippen LogP contribution in [0.4, 0.5) is 0 Å². The van der Waals surface area contributed by atoms with Gasteiger partial charge in [-0.2, -0.15) is 0 Å². The number of halogens is 1. The van der Waals surface area contributed by atoms with Crippen molar-refractivity contribution >= 4 is 38.3 Å². The van der Waals surface area contributed by atoms with E-state index in [2.05, 4.69) is 26.1 Å². The Labute approximate surface area is 95.9 Å². The minimum Gasteiger partial charge on any atom is -0.430 e. The van der Waals surface area contributed by atoms with Gasteiger partial charge in [0.15, 0.2) is 0 Å². The molecule has 3 rings (SSSR count). The molecule has 7 heteroatoms. The van der Waals surface area contributed by atoms with Crippen molar-refractivity contribution in [2.24, 2.45) is 0 Å². The fourth-order valence-corrected chi connectivity index (χ4v) is 2.01. The first kappa shape index (κ1) is 9.34. The molecule has 80 valence electrons. The molecule has 16 heavy (non-hydrogen) atoms.